The number of hydrogen-bond donors (Lipinski definition) is 1. The van der Waals surface area contributed by atoms with Gasteiger partial charge in [-0.15, -0.1) is 0 Å². The van der Waals surface area contributed by atoms with Crippen molar-refractivity contribution in [2.24, 2.45) is 0 Å². The van der Waals surface area contributed by atoms with Gasteiger partial charge in [-0.1, -0.05) is 30.3 Å². The van der Waals surface area contributed by atoms with Crippen LogP contribution in [0.1, 0.15) is 23.7 Å². The predicted octanol–water partition coefficient (Wildman–Crippen LogP) is 4.20. The highest BCUT2D eigenvalue weighted by Crippen LogP contribution is 2.45. The van der Waals surface area contributed by atoms with Gasteiger partial charge in [0.05, 0.1) is 18.6 Å². The first kappa shape index (κ1) is 16.4. The average molecular weight is 374 g/mol. The Bertz CT molecular complexity index is 1250. The van der Waals surface area contributed by atoms with E-state index in [1.165, 1.54) is 18.4 Å². The molecule has 138 valence electrons. The van der Waals surface area contributed by atoms with Gasteiger partial charge in [0, 0.05) is 23.3 Å². The van der Waals surface area contributed by atoms with E-state index in [1.54, 1.807) is 12.1 Å². The third-order valence-electron chi connectivity index (χ3n) is 4.87. The topological polar surface area (TPSA) is 89.9 Å². The largest absolute Gasteiger partial charge is 0.507 e. The molecule has 0 spiro atoms. The summed E-state index contributed by atoms with van der Waals surface area (Å²) < 4.78 is 16.9. The summed E-state index contributed by atoms with van der Waals surface area (Å²) in [7, 11) is 0. The highest BCUT2D eigenvalue weighted by atomic mass is 16.5. The van der Waals surface area contributed by atoms with Crippen LogP contribution < -0.4 is 10.2 Å². The predicted molar refractivity (Wildman–Crippen MR) is 100 cm³/mol. The Kier molecular flexibility index (Phi) is 3.58. The maximum absolute atomic E-state index is 12.8. The minimum Gasteiger partial charge on any atom is -0.507 e. The number of phenolic OH excluding ortho intramolecular Hbond substituents is 1. The van der Waals surface area contributed by atoms with Crippen molar-refractivity contribution in [3.63, 3.8) is 0 Å². The summed E-state index contributed by atoms with van der Waals surface area (Å²) in [5.74, 6) is -0.151. The molecule has 6 nitrogen and oxygen atoms in total. The average Bonchev–Trinajstić information content (AvgIpc) is 3.22. The van der Waals surface area contributed by atoms with E-state index in [2.05, 4.69) is 0 Å². The van der Waals surface area contributed by atoms with Crippen LogP contribution in [0, 0.1) is 0 Å². The number of benzene rings is 2. The Morgan fingerprint density at radius 2 is 1.82 bits per heavy atom. The summed E-state index contributed by atoms with van der Waals surface area (Å²) in [6.07, 6.45) is 1.56. The lowest BCUT2D eigenvalue weighted by Crippen LogP contribution is -2.21. The van der Waals surface area contributed by atoms with Gasteiger partial charge < -0.3 is 18.7 Å². The molecule has 0 radical (unpaired) electrons. The van der Waals surface area contributed by atoms with Crippen molar-refractivity contribution < 1.29 is 23.5 Å². The standard InChI is InChI=1S/C22H14O6/c23-14-10-17(12-5-2-1-3-6-12)28-22-20-13(16-7-4-8-26-16)9-19(25)27-18(20)11-15(24)21(14)22/h1-8,10-11,13,24H,9H2/t13-/m0/s1. The van der Waals surface area contributed by atoms with Crippen molar-refractivity contribution in [2.45, 2.75) is 12.3 Å². The second-order valence-electron chi connectivity index (χ2n) is 6.60. The fourth-order valence-corrected chi connectivity index (χ4v) is 3.64. The van der Waals surface area contributed by atoms with Crippen molar-refractivity contribution in [1.29, 1.82) is 0 Å². The number of furan rings is 1. The molecule has 28 heavy (non-hydrogen) atoms. The number of carbonyl (C=O) groups is 1. The van der Waals surface area contributed by atoms with Crippen LogP contribution in [-0.4, -0.2) is 11.1 Å². The first-order chi connectivity index (χ1) is 13.6. The molecular weight excluding hydrogens is 360 g/mol. The van der Waals surface area contributed by atoms with Gasteiger partial charge in [-0.2, -0.15) is 0 Å². The van der Waals surface area contributed by atoms with Crippen LogP contribution in [0.15, 0.2) is 74.5 Å². The van der Waals surface area contributed by atoms with Crippen molar-refractivity contribution in [3.05, 3.63) is 82.4 Å². The van der Waals surface area contributed by atoms with Gasteiger partial charge >= 0.3 is 5.97 Å². The lowest BCUT2D eigenvalue weighted by Gasteiger charge is -2.24. The maximum Gasteiger partial charge on any atom is 0.312 e. The Balaban J connectivity index is 1.86. The molecule has 1 aliphatic rings. The molecule has 1 N–H and O–H groups in total. The summed E-state index contributed by atoms with van der Waals surface area (Å²) >= 11 is 0. The minimum absolute atomic E-state index is 0.0413. The summed E-state index contributed by atoms with van der Waals surface area (Å²) in [5.41, 5.74) is 1.05. The van der Waals surface area contributed by atoms with Crippen LogP contribution in [0.3, 0.4) is 0 Å². The molecule has 0 unspecified atom stereocenters. The highest BCUT2D eigenvalue weighted by Gasteiger charge is 2.35. The fraction of sp³-hybridized carbons (Fsp3) is 0.0909. The third kappa shape index (κ3) is 2.50. The van der Waals surface area contributed by atoms with Gasteiger partial charge in [0.15, 0.2) is 5.43 Å². The second kappa shape index (κ2) is 6.13. The number of aromatic hydroxyl groups is 1. The smallest absolute Gasteiger partial charge is 0.312 e. The summed E-state index contributed by atoms with van der Waals surface area (Å²) in [5, 5.41) is 10.4. The van der Waals surface area contributed by atoms with Gasteiger partial charge in [-0.25, -0.2) is 0 Å². The summed E-state index contributed by atoms with van der Waals surface area (Å²) in [4.78, 5) is 24.9. The molecular formula is C22H14O6. The lowest BCUT2D eigenvalue weighted by molar-refractivity contribution is -0.135. The van der Waals surface area contributed by atoms with Crippen LogP contribution in [0.25, 0.3) is 22.3 Å². The van der Waals surface area contributed by atoms with Gasteiger partial charge in [0.1, 0.15) is 34.0 Å². The van der Waals surface area contributed by atoms with Crippen LogP contribution >= 0.6 is 0 Å². The van der Waals surface area contributed by atoms with Crippen LogP contribution in [0.2, 0.25) is 0 Å². The van der Waals surface area contributed by atoms with E-state index < -0.39 is 11.9 Å². The molecule has 1 aliphatic heterocycles. The highest BCUT2D eigenvalue weighted by molar-refractivity contribution is 5.93. The molecule has 0 amide bonds. The molecule has 3 heterocycles. The number of rotatable bonds is 2. The number of carbonyl (C=O) groups excluding carboxylic acids is 1. The van der Waals surface area contributed by atoms with Gasteiger partial charge in [0.2, 0.25) is 0 Å². The Labute approximate surface area is 158 Å². The molecule has 5 rings (SSSR count). The van der Waals surface area contributed by atoms with E-state index in [4.69, 9.17) is 13.6 Å². The molecule has 4 aromatic rings. The number of fused-ring (bicyclic) bond motifs is 3. The number of phenols is 1. The fourth-order valence-electron chi connectivity index (χ4n) is 3.64. The van der Waals surface area contributed by atoms with Crippen LogP contribution in [0.4, 0.5) is 0 Å². The zero-order chi connectivity index (χ0) is 19.3. The molecule has 0 saturated carbocycles. The lowest BCUT2D eigenvalue weighted by atomic mass is 9.88. The first-order valence-corrected chi connectivity index (χ1v) is 8.75. The normalized spacial score (nSPS) is 16.0. The molecule has 2 aromatic heterocycles. The molecule has 1 atom stereocenters. The second-order valence-corrected chi connectivity index (χ2v) is 6.60. The number of ether oxygens (including phenoxy) is 1. The minimum atomic E-state index is -0.483. The quantitative estimate of drug-likeness (QED) is 0.418. The van der Waals surface area contributed by atoms with Crippen molar-refractivity contribution in [2.75, 3.05) is 0 Å². The van der Waals surface area contributed by atoms with Crippen molar-refractivity contribution in [1.82, 2.24) is 0 Å². The molecule has 2 aromatic carbocycles. The van der Waals surface area contributed by atoms with E-state index in [0.717, 1.165) is 5.56 Å². The van der Waals surface area contributed by atoms with Crippen molar-refractivity contribution in [3.8, 4) is 22.8 Å². The zero-order valence-corrected chi connectivity index (χ0v) is 14.5. The maximum atomic E-state index is 12.8. The third-order valence-corrected chi connectivity index (χ3v) is 4.87. The van der Waals surface area contributed by atoms with Crippen LogP contribution in [0.5, 0.6) is 11.5 Å². The zero-order valence-electron chi connectivity index (χ0n) is 14.5. The van der Waals surface area contributed by atoms with E-state index in [0.29, 0.717) is 17.1 Å². The molecule has 0 saturated heterocycles. The van der Waals surface area contributed by atoms with E-state index >= 15 is 0 Å². The Morgan fingerprint density at radius 3 is 2.57 bits per heavy atom. The van der Waals surface area contributed by atoms with E-state index in [1.807, 2.05) is 30.3 Å². The first-order valence-electron chi connectivity index (χ1n) is 8.75. The van der Waals surface area contributed by atoms with Crippen LogP contribution in [-0.2, 0) is 4.79 Å². The Hall–Kier alpha value is -3.80. The molecule has 0 fully saturated rings. The van der Waals surface area contributed by atoms with Gasteiger partial charge in [0.25, 0.3) is 0 Å². The number of esters is 1. The SMILES string of the molecule is O=C1C[C@@H](c2ccco2)c2c(cc(O)c3c(=O)cc(-c4ccccc4)oc23)O1. The van der Waals surface area contributed by atoms with E-state index in [9.17, 15) is 14.7 Å². The summed E-state index contributed by atoms with van der Waals surface area (Å²) in [6, 6.07) is 15.3. The van der Waals surface area contributed by atoms with Gasteiger partial charge in [-0.3, -0.25) is 9.59 Å². The molecule has 0 bridgehead atoms. The number of hydrogen-bond acceptors (Lipinski definition) is 6. The molecule has 0 aliphatic carbocycles. The monoisotopic (exact) mass is 374 g/mol. The molecule has 6 heteroatoms. The van der Waals surface area contributed by atoms with Gasteiger partial charge in [-0.05, 0) is 12.1 Å². The summed E-state index contributed by atoms with van der Waals surface area (Å²) in [6.45, 7) is 0. The van der Waals surface area contributed by atoms with E-state index in [-0.39, 0.29) is 34.3 Å². The Morgan fingerprint density at radius 1 is 1.00 bits per heavy atom. The van der Waals surface area contributed by atoms with Crippen molar-refractivity contribution >= 4 is 16.9 Å².